The molecule has 0 atom stereocenters. The molecule has 0 radical (unpaired) electrons. The van der Waals surface area contributed by atoms with Crippen LogP contribution in [-0.2, 0) is 13.0 Å². The minimum absolute atomic E-state index is 0.578. The number of nitrogens with zero attached hydrogens (tertiary/aromatic N) is 3. The topological polar surface area (TPSA) is 54.8 Å². The lowest BCUT2D eigenvalue weighted by molar-refractivity contribution is 0.636. The summed E-state index contributed by atoms with van der Waals surface area (Å²) in [6, 6.07) is 14.4. The molecule has 0 saturated carbocycles. The van der Waals surface area contributed by atoms with Crippen LogP contribution in [0.15, 0.2) is 42.5 Å². The van der Waals surface area contributed by atoms with Crippen molar-refractivity contribution in [2.24, 2.45) is 0 Å². The molecule has 4 rings (SSSR count). The summed E-state index contributed by atoms with van der Waals surface area (Å²) in [4.78, 5) is 0. The molecule has 2 aromatic carbocycles. The maximum Gasteiger partial charge on any atom is 0.175 e. The molecule has 0 fully saturated rings. The maximum atomic E-state index is 5.54. The van der Waals surface area contributed by atoms with Crippen LogP contribution in [-0.4, -0.2) is 19.9 Å². The van der Waals surface area contributed by atoms with Gasteiger partial charge < -0.3 is 15.2 Å². The monoisotopic (exact) mass is 391 g/mol. The van der Waals surface area contributed by atoms with Crippen LogP contribution in [0.4, 0.5) is 11.4 Å². The molecule has 1 aliphatic heterocycles. The third-order valence-electron chi connectivity index (χ3n) is 5.21. The predicted octanol–water partition coefficient (Wildman–Crippen LogP) is 5.10. The van der Waals surface area contributed by atoms with Gasteiger partial charge in [0.1, 0.15) is 5.82 Å². The lowest BCUT2D eigenvalue weighted by atomic mass is 10.1. The second-order valence-electron chi connectivity index (χ2n) is 7.33. The standard InChI is InChI=1S/C22H25N5S/c1-15-8-6-9-16(2)20(15)24-22(28)23-18-11-7-10-17(14-18)21-26-25-19-12-4-3-5-13-27(19)21/h6-11,14H,3-5,12-13H2,1-2H3,(H2,23,24,28). The Morgan fingerprint density at radius 1 is 0.964 bits per heavy atom. The fraction of sp³-hybridized carbons (Fsp3) is 0.318. The van der Waals surface area contributed by atoms with Gasteiger partial charge in [-0.15, -0.1) is 10.2 Å². The number of fused-ring (bicyclic) bond motifs is 1. The van der Waals surface area contributed by atoms with Crippen molar-refractivity contribution in [2.75, 3.05) is 10.6 Å². The number of hydrogen-bond donors (Lipinski definition) is 2. The fourth-order valence-electron chi connectivity index (χ4n) is 3.72. The Bertz CT molecular complexity index is 988. The number of aryl methyl sites for hydroxylation is 3. The van der Waals surface area contributed by atoms with Gasteiger partial charge in [-0.25, -0.2) is 0 Å². The van der Waals surface area contributed by atoms with Crippen LogP contribution in [0.3, 0.4) is 0 Å². The van der Waals surface area contributed by atoms with Crippen LogP contribution >= 0.6 is 12.2 Å². The quantitative estimate of drug-likeness (QED) is 0.609. The molecule has 2 heterocycles. The first kappa shape index (κ1) is 18.6. The molecule has 3 aromatic rings. The number of para-hydroxylation sites is 1. The van der Waals surface area contributed by atoms with Gasteiger partial charge in [-0.3, -0.25) is 0 Å². The molecule has 28 heavy (non-hydrogen) atoms. The van der Waals surface area contributed by atoms with Crippen molar-refractivity contribution < 1.29 is 0 Å². The molecule has 0 saturated heterocycles. The van der Waals surface area contributed by atoms with Crippen LogP contribution in [0.5, 0.6) is 0 Å². The highest BCUT2D eigenvalue weighted by Gasteiger charge is 2.16. The first-order valence-electron chi connectivity index (χ1n) is 9.78. The van der Waals surface area contributed by atoms with Gasteiger partial charge in [0.25, 0.3) is 0 Å². The molecular formula is C22H25N5S. The van der Waals surface area contributed by atoms with Gasteiger partial charge >= 0.3 is 0 Å². The molecule has 144 valence electrons. The molecule has 5 nitrogen and oxygen atoms in total. The van der Waals surface area contributed by atoms with Crippen molar-refractivity contribution in [3.8, 4) is 11.4 Å². The van der Waals surface area contributed by atoms with Gasteiger partial charge in [-0.05, 0) is 62.2 Å². The predicted molar refractivity (Wildman–Crippen MR) is 119 cm³/mol. The smallest absolute Gasteiger partial charge is 0.175 e. The third kappa shape index (κ3) is 3.92. The number of thiocarbonyl (C=S) groups is 1. The van der Waals surface area contributed by atoms with E-state index in [0.717, 1.165) is 41.6 Å². The summed E-state index contributed by atoms with van der Waals surface area (Å²) in [7, 11) is 0. The summed E-state index contributed by atoms with van der Waals surface area (Å²) in [6.07, 6.45) is 4.63. The average Bonchev–Trinajstić information content (AvgIpc) is 2.93. The van der Waals surface area contributed by atoms with Gasteiger partial charge in [0.15, 0.2) is 10.9 Å². The van der Waals surface area contributed by atoms with Crippen molar-refractivity contribution in [3.05, 3.63) is 59.4 Å². The largest absolute Gasteiger partial charge is 0.332 e. The van der Waals surface area contributed by atoms with E-state index in [4.69, 9.17) is 12.2 Å². The summed E-state index contributed by atoms with van der Waals surface area (Å²) in [5, 5.41) is 16.1. The zero-order chi connectivity index (χ0) is 19.5. The van der Waals surface area contributed by atoms with E-state index in [0.29, 0.717) is 5.11 Å². The minimum atomic E-state index is 0.578. The number of rotatable bonds is 3. The molecule has 0 unspecified atom stereocenters. The summed E-state index contributed by atoms with van der Waals surface area (Å²) >= 11 is 5.54. The highest BCUT2D eigenvalue weighted by atomic mass is 32.1. The van der Waals surface area contributed by atoms with Crippen molar-refractivity contribution in [3.63, 3.8) is 0 Å². The highest BCUT2D eigenvalue weighted by molar-refractivity contribution is 7.80. The van der Waals surface area contributed by atoms with Crippen LogP contribution in [0.25, 0.3) is 11.4 Å². The van der Waals surface area contributed by atoms with Crippen molar-refractivity contribution in [2.45, 2.75) is 46.1 Å². The van der Waals surface area contributed by atoms with Gasteiger partial charge in [-0.2, -0.15) is 0 Å². The van der Waals surface area contributed by atoms with E-state index >= 15 is 0 Å². The Morgan fingerprint density at radius 2 is 1.75 bits per heavy atom. The summed E-state index contributed by atoms with van der Waals surface area (Å²) in [6.45, 7) is 5.15. The number of hydrogen-bond acceptors (Lipinski definition) is 3. The Morgan fingerprint density at radius 3 is 2.57 bits per heavy atom. The molecule has 0 amide bonds. The number of nitrogens with one attached hydrogen (secondary N) is 2. The van der Waals surface area contributed by atoms with E-state index in [2.05, 4.69) is 69.6 Å². The van der Waals surface area contributed by atoms with Gasteiger partial charge in [0.05, 0.1) is 0 Å². The Hall–Kier alpha value is -2.73. The molecule has 1 aliphatic rings. The molecule has 0 bridgehead atoms. The van der Waals surface area contributed by atoms with Crippen LogP contribution in [0.1, 0.15) is 36.2 Å². The average molecular weight is 392 g/mol. The molecule has 6 heteroatoms. The van der Waals surface area contributed by atoms with E-state index in [-0.39, 0.29) is 0 Å². The lowest BCUT2D eigenvalue weighted by Gasteiger charge is -2.15. The summed E-state index contributed by atoms with van der Waals surface area (Å²) < 4.78 is 2.26. The molecule has 2 N–H and O–H groups in total. The SMILES string of the molecule is Cc1cccc(C)c1NC(=S)Nc1cccc(-c2nnc3n2CCCCC3)c1. The van der Waals surface area contributed by atoms with Crippen molar-refractivity contribution >= 4 is 28.7 Å². The molecule has 1 aromatic heterocycles. The number of aromatic nitrogens is 3. The first-order valence-corrected chi connectivity index (χ1v) is 10.2. The first-order chi connectivity index (χ1) is 13.6. The molecule has 0 spiro atoms. The van der Waals surface area contributed by atoms with E-state index in [1.807, 2.05) is 12.1 Å². The van der Waals surface area contributed by atoms with Crippen LogP contribution < -0.4 is 10.6 Å². The van der Waals surface area contributed by atoms with Crippen LogP contribution in [0, 0.1) is 13.8 Å². The third-order valence-corrected chi connectivity index (χ3v) is 5.41. The second kappa shape index (κ2) is 8.10. The zero-order valence-electron chi connectivity index (χ0n) is 16.3. The molecular weight excluding hydrogens is 366 g/mol. The van der Waals surface area contributed by atoms with Gasteiger partial charge in [0.2, 0.25) is 0 Å². The Balaban J connectivity index is 1.53. The minimum Gasteiger partial charge on any atom is -0.332 e. The van der Waals surface area contributed by atoms with Crippen LogP contribution in [0.2, 0.25) is 0 Å². The lowest BCUT2D eigenvalue weighted by Crippen LogP contribution is -2.20. The van der Waals surface area contributed by atoms with E-state index in [9.17, 15) is 0 Å². The summed E-state index contributed by atoms with van der Waals surface area (Å²) in [5.74, 6) is 2.03. The van der Waals surface area contributed by atoms with E-state index < -0.39 is 0 Å². The Labute approximate surface area is 171 Å². The van der Waals surface area contributed by atoms with Crippen molar-refractivity contribution in [1.82, 2.24) is 14.8 Å². The van der Waals surface area contributed by atoms with Crippen molar-refractivity contribution in [1.29, 1.82) is 0 Å². The summed E-state index contributed by atoms with van der Waals surface area (Å²) in [5.41, 5.74) is 5.39. The normalized spacial score (nSPS) is 13.5. The van der Waals surface area contributed by atoms with E-state index in [1.54, 1.807) is 0 Å². The second-order valence-corrected chi connectivity index (χ2v) is 7.74. The van der Waals surface area contributed by atoms with E-state index in [1.165, 1.54) is 30.4 Å². The zero-order valence-corrected chi connectivity index (χ0v) is 17.1. The molecule has 0 aliphatic carbocycles. The maximum absolute atomic E-state index is 5.54. The fourth-order valence-corrected chi connectivity index (χ4v) is 3.94. The Kier molecular flexibility index (Phi) is 5.39. The number of anilines is 2. The van der Waals surface area contributed by atoms with Gasteiger partial charge in [0, 0.05) is 29.9 Å². The number of benzene rings is 2. The van der Waals surface area contributed by atoms with Gasteiger partial charge in [-0.1, -0.05) is 36.8 Å². The highest BCUT2D eigenvalue weighted by Crippen LogP contribution is 2.25.